The number of hydrogen-bond donors (Lipinski definition) is 1. The van der Waals surface area contributed by atoms with E-state index < -0.39 is 37.3 Å². The molecule has 0 aromatic heterocycles. The van der Waals surface area contributed by atoms with Crippen LogP contribution in [0.25, 0.3) is 0 Å². The van der Waals surface area contributed by atoms with Crippen molar-refractivity contribution in [1.29, 1.82) is 0 Å². The molecule has 0 heterocycles. The molecule has 0 rings (SSSR count). The summed E-state index contributed by atoms with van der Waals surface area (Å²) in [5, 5.41) is 0. The van der Waals surface area contributed by atoms with Gasteiger partial charge in [-0.1, -0.05) is 0 Å². The van der Waals surface area contributed by atoms with Crippen LogP contribution in [0.15, 0.2) is 0 Å². The molecule has 12 heteroatoms. The van der Waals surface area contributed by atoms with Crippen molar-refractivity contribution in [2.75, 3.05) is 13.2 Å². The summed E-state index contributed by atoms with van der Waals surface area (Å²) in [5.41, 5.74) is -6.27. The van der Waals surface area contributed by atoms with Gasteiger partial charge in [0.2, 0.25) is 0 Å². The molecule has 0 atom stereocenters. The van der Waals surface area contributed by atoms with Crippen LogP contribution in [-0.2, 0) is 9.57 Å². The maximum absolute atomic E-state index is 12.2. The Morgan fingerprint density at radius 1 is 0.667 bits per heavy atom. The number of hydrogen-bond acceptors (Lipinski definition) is 3. The highest BCUT2D eigenvalue weighted by molar-refractivity contribution is 5.02. The van der Waals surface area contributed by atoms with Crippen LogP contribution >= 0.6 is 0 Å². The molecule has 2 N–H and O–H groups in total. The predicted octanol–water partition coefficient (Wildman–Crippen LogP) is 2.32. The number of halogens is 9. The molecular weight excluding hydrogens is 289 g/mol. The highest BCUT2D eigenvalue weighted by Crippen LogP contribution is 2.54. The summed E-state index contributed by atoms with van der Waals surface area (Å²) >= 11 is 0. The molecule has 0 saturated heterocycles. The van der Waals surface area contributed by atoms with Crippen LogP contribution in [0.2, 0.25) is 0 Å². The first-order valence-corrected chi connectivity index (χ1v) is 3.97. The minimum absolute atomic E-state index is 1.08. The average Bonchev–Trinajstić information content (AvgIpc) is 2.05. The van der Waals surface area contributed by atoms with Gasteiger partial charge >= 0.3 is 24.1 Å². The Morgan fingerprint density at radius 2 is 1.00 bits per heavy atom. The van der Waals surface area contributed by atoms with Gasteiger partial charge in [-0.2, -0.15) is 39.5 Å². The van der Waals surface area contributed by atoms with Crippen molar-refractivity contribution in [3.63, 3.8) is 0 Å². The van der Waals surface area contributed by atoms with E-state index >= 15 is 0 Å². The third-order valence-corrected chi connectivity index (χ3v) is 1.72. The van der Waals surface area contributed by atoms with Gasteiger partial charge in [-0.05, 0) is 0 Å². The molecule has 0 aliphatic carbocycles. The molecule has 0 aliphatic rings. The van der Waals surface area contributed by atoms with Crippen LogP contribution in [0.5, 0.6) is 0 Å². The van der Waals surface area contributed by atoms with E-state index in [1.807, 2.05) is 0 Å². The molecule has 0 aromatic rings. The van der Waals surface area contributed by atoms with E-state index in [2.05, 4.69) is 15.5 Å². The van der Waals surface area contributed by atoms with Gasteiger partial charge in [0.15, 0.2) is 0 Å². The number of alkyl halides is 9. The van der Waals surface area contributed by atoms with Crippen molar-refractivity contribution in [3.8, 4) is 0 Å². The minimum Gasteiger partial charge on any atom is -0.349 e. The van der Waals surface area contributed by atoms with Gasteiger partial charge in [0, 0.05) is 0 Å². The summed E-state index contributed by atoms with van der Waals surface area (Å²) in [6, 6.07) is 0. The van der Waals surface area contributed by atoms with Gasteiger partial charge < -0.3 is 9.57 Å². The third-order valence-electron chi connectivity index (χ3n) is 1.72. The van der Waals surface area contributed by atoms with Gasteiger partial charge in [0.05, 0.1) is 13.2 Å². The maximum Gasteiger partial charge on any atom is 0.435 e. The van der Waals surface area contributed by atoms with Crippen molar-refractivity contribution < 1.29 is 49.1 Å². The van der Waals surface area contributed by atoms with Gasteiger partial charge in [0.25, 0.3) is 0 Å². The second-order valence-electron chi connectivity index (χ2n) is 2.89. The first-order chi connectivity index (χ1) is 7.81. The first-order valence-electron chi connectivity index (χ1n) is 3.97. The summed E-state index contributed by atoms with van der Waals surface area (Å²) in [6.45, 7) is -2.72. The number of rotatable bonds is 4. The highest BCUT2D eigenvalue weighted by Gasteiger charge is 2.85. The van der Waals surface area contributed by atoms with Gasteiger partial charge in [0.1, 0.15) is 0 Å². The molecule has 0 radical (unpaired) electrons. The smallest absolute Gasteiger partial charge is 0.349 e. The summed E-state index contributed by atoms with van der Waals surface area (Å²) in [6.07, 6.45) is -20.2. The second-order valence-corrected chi connectivity index (χ2v) is 2.89. The molecular formula is C6H6F9NO2. The van der Waals surface area contributed by atoms with Crippen molar-refractivity contribution in [2.24, 2.45) is 5.90 Å². The Kier molecular flexibility index (Phi) is 4.88. The van der Waals surface area contributed by atoms with E-state index in [0.717, 1.165) is 0 Å². The van der Waals surface area contributed by atoms with E-state index in [9.17, 15) is 39.5 Å². The Balaban J connectivity index is 5.61. The molecule has 0 aliphatic heterocycles. The lowest BCUT2D eigenvalue weighted by molar-refractivity contribution is -0.457. The van der Waals surface area contributed by atoms with Crippen molar-refractivity contribution in [3.05, 3.63) is 0 Å². The van der Waals surface area contributed by atoms with Crippen LogP contribution in [0.4, 0.5) is 39.5 Å². The zero-order valence-corrected chi connectivity index (χ0v) is 8.21. The van der Waals surface area contributed by atoms with E-state index in [0.29, 0.717) is 0 Å². The summed E-state index contributed by atoms with van der Waals surface area (Å²) in [5.74, 6) is 4.26. The molecule has 3 nitrogen and oxygen atoms in total. The van der Waals surface area contributed by atoms with Crippen LogP contribution < -0.4 is 5.90 Å². The average molecular weight is 295 g/mol. The maximum atomic E-state index is 12.2. The van der Waals surface area contributed by atoms with Crippen molar-refractivity contribution in [2.45, 2.75) is 24.1 Å². The van der Waals surface area contributed by atoms with Gasteiger partial charge in [-0.3, -0.25) is 0 Å². The fourth-order valence-electron chi connectivity index (χ4n) is 0.971. The summed E-state index contributed by atoms with van der Waals surface area (Å²) in [4.78, 5) is 3.55. The second kappa shape index (κ2) is 5.09. The highest BCUT2D eigenvalue weighted by atomic mass is 19.4. The number of ether oxygens (including phenoxy) is 1. The molecule has 0 fully saturated rings. The SMILES string of the molecule is NOCCOC(C(F)(F)F)(C(F)(F)F)C(F)(F)F. The van der Waals surface area contributed by atoms with Crippen molar-refractivity contribution in [1.82, 2.24) is 0 Å². The van der Waals surface area contributed by atoms with Gasteiger partial charge in [-0.15, -0.1) is 0 Å². The normalized spacial score (nSPS) is 15.0. The Hall–Kier alpha value is -0.750. The largest absolute Gasteiger partial charge is 0.435 e. The lowest BCUT2D eigenvalue weighted by Gasteiger charge is -2.37. The first kappa shape index (κ1) is 17.2. The molecule has 0 spiro atoms. The summed E-state index contributed by atoms with van der Waals surface area (Å²) in [7, 11) is 0. The monoisotopic (exact) mass is 295 g/mol. The van der Waals surface area contributed by atoms with Gasteiger partial charge in [-0.25, -0.2) is 5.90 Å². The predicted molar refractivity (Wildman–Crippen MR) is 37.0 cm³/mol. The van der Waals surface area contributed by atoms with Crippen LogP contribution in [0, 0.1) is 0 Å². The van der Waals surface area contributed by atoms with Crippen LogP contribution in [-0.4, -0.2) is 37.3 Å². The minimum atomic E-state index is -6.74. The molecule has 0 unspecified atom stereocenters. The van der Waals surface area contributed by atoms with Crippen LogP contribution in [0.3, 0.4) is 0 Å². The van der Waals surface area contributed by atoms with E-state index in [1.165, 1.54) is 0 Å². The number of nitrogens with two attached hydrogens (primary N) is 1. The summed E-state index contributed by atoms with van der Waals surface area (Å²) < 4.78 is 112. The molecule has 0 saturated carbocycles. The lowest BCUT2D eigenvalue weighted by Crippen LogP contribution is -2.68. The van der Waals surface area contributed by atoms with Crippen LogP contribution in [0.1, 0.15) is 0 Å². The Labute approximate surface area is 93.6 Å². The zero-order chi connectivity index (χ0) is 14.8. The van der Waals surface area contributed by atoms with E-state index in [1.54, 1.807) is 0 Å². The molecule has 0 bridgehead atoms. The molecule has 0 aromatic carbocycles. The lowest BCUT2D eigenvalue weighted by atomic mass is 10.0. The zero-order valence-electron chi connectivity index (χ0n) is 8.21. The Bertz CT molecular complexity index is 232. The Morgan fingerprint density at radius 3 is 1.22 bits per heavy atom. The third kappa shape index (κ3) is 2.98. The molecule has 18 heavy (non-hydrogen) atoms. The fourth-order valence-corrected chi connectivity index (χ4v) is 0.971. The quantitative estimate of drug-likeness (QED) is 0.492. The van der Waals surface area contributed by atoms with Crippen molar-refractivity contribution >= 4 is 0 Å². The standard InChI is InChI=1S/C6H6F9NO2/c7-4(8,9)3(5(10,11)12,6(13,14)15)17-1-2-18-16/h1-2,16H2. The molecule has 110 valence electrons. The fraction of sp³-hybridized carbons (Fsp3) is 1.00. The van der Waals surface area contributed by atoms with E-state index in [-0.39, 0.29) is 0 Å². The van der Waals surface area contributed by atoms with E-state index in [4.69, 9.17) is 0 Å². The topological polar surface area (TPSA) is 44.5 Å². The molecule has 0 amide bonds.